The minimum absolute atomic E-state index is 0.129. The number of carbonyl (C=O) groups excluding carboxylic acids is 1. The third kappa shape index (κ3) is 1.25. The van der Waals surface area contributed by atoms with Gasteiger partial charge < -0.3 is 0 Å². The highest BCUT2D eigenvalue weighted by Gasteiger charge is 2.47. The van der Waals surface area contributed by atoms with Gasteiger partial charge in [-0.2, -0.15) is 5.26 Å². The Balaban J connectivity index is 2.45. The van der Waals surface area contributed by atoms with Gasteiger partial charge in [-0.25, -0.2) is 0 Å². The van der Waals surface area contributed by atoms with Crippen LogP contribution in [0, 0.1) is 11.3 Å². The Kier molecular flexibility index (Phi) is 2.12. The highest BCUT2D eigenvalue weighted by atomic mass is 79.9. The summed E-state index contributed by atoms with van der Waals surface area (Å²) < 4.78 is 0.800. The van der Waals surface area contributed by atoms with Crippen molar-refractivity contribution in [2.45, 2.75) is 18.3 Å². The molecule has 1 aliphatic rings. The molecule has 1 fully saturated rings. The van der Waals surface area contributed by atoms with Gasteiger partial charge in [0.25, 0.3) is 0 Å². The number of ketones is 1. The number of carbonyl (C=O) groups is 1. The van der Waals surface area contributed by atoms with Crippen molar-refractivity contribution in [2.24, 2.45) is 0 Å². The molecular weight excluding hydrogens is 244 g/mol. The maximum absolute atomic E-state index is 11.0. The molecule has 1 heterocycles. The summed E-state index contributed by atoms with van der Waals surface area (Å²) in [6.45, 7) is 0. The summed E-state index contributed by atoms with van der Waals surface area (Å²) in [6.07, 6.45) is 2.22. The zero-order valence-corrected chi connectivity index (χ0v) is 8.91. The van der Waals surface area contributed by atoms with Crippen molar-refractivity contribution in [1.29, 1.82) is 5.26 Å². The van der Waals surface area contributed by atoms with Gasteiger partial charge in [0, 0.05) is 23.5 Å². The molecule has 0 spiro atoms. The van der Waals surface area contributed by atoms with E-state index in [1.54, 1.807) is 12.3 Å². The van der Waals surface area contributed by atoms with Gasteiger partial charge in [-0.15, -0.1) is 0 Å². The van der Waals surface area contributed by atoms with E-state index in [1.807, 2.05) is 6.07 Å². The van der Waals surface area contributed by atoms with Gasteiger partial charge in [-0.1, -0.05) is 0 Å². The van der Waals surface area contributed by atoms with Gasteiger partial charge in [0.1, 0.15) is 11.2 Å². The van der Waals surface area contributed by atoms with Crippen LogP contribution >= 0.6 is 15.9 Å². The molecule has 0 aromatic carbocycles. The topological polar surface area (TPSA) is 53.8 Å². The molecule has 0 saturated heterocycles. The fourth-order valence-corrected chi connectivity index (χ4v) is 2.29. The van der Waals surface area contributed by atoms with E-state index >= 15 is 0 Å². The molecule has 1 aliphatic carbocycles. The van der Waals surface area contributed by atoms with Gasteiger partial charge >= 0.3 is 0 Å². The molecular formula is C10H7BrN2O. The zero-order chi connectivity index (χ0) is 10.2. The van der Waals surface area contributed by atoms with Crippen molar-refractivity contribution in [3.05, 3.63) is 28.5 Å². The second kappa shape index (κ2) is 3.18. The maximum atomic E-state index is 11.0. The second-order valence-corrected chi connectivity index (χ2v) is 4.27. The molecule has 1 aromatic rings. The molecule has 14 heavy (non-hydrogen) atoms. The molecule has 70 valence electrons. The van der Waals surface area contributed by atoms with Crippen molar-refractivity contribution in [1.82, 2.24) is 4.98 Å². The highest BCUT2D eigenvalue weighted by Crippen LogP contribution is 2.42. The fourth-order valence-electron chi connectivity index (χ4n) is 1.66. The lowest BCUT2D eigenvalue weighted by atomic mass is 9.66. The Morgan fingerprint density at radius 1 is 1.57 bits per heavy atom. The van der Waals surface area contributed by atoms with E-state index in [9.17, 15) is 4.79 Å². The molecule has 4 heteroatoms. The third-order valence-electron chi connectivity index (χ3n) is 2.42. The van der Waals surface area contributed by atoms with E-state index in [2.05, 4.69) is 27.0 Å². The van der Waals surface area contributed by atoms with Crippen LogP contribution in [0.5, 0.6) is 0 Å². The minimum Gasteiger partial charge on any atom is -0.300 e. The molecule has 1 saturated carbocycles. The first kappa shape index (κ1) is 9.35. The first-order valence-electron chi connectivity index (χ1n) is 4.22. The lowest BCUT2D eigenvalue weighted by Gasteiger charge is -2.33. The van der Waals surface area contributed by atoms with Crippen molar-refractivity contribution < 1.29 is 4.79 Å². The normalized spacial score (nSPS) is 18.4. The van der Waals surface area contributed by atoms with Crippen LogP contribution in [0.15, 0.2) is 22.8 Å². The molecule has 0 atom stereocenters. The fraction of sp³-hybridized carbons (Fsp3) is 0.300. The van der Waals surface area contributed by atoms with Crippen LogP contribution in [-0.2, 0) is 10.2 Å². The summed E-state index contributed by atoms with van der Waals surface area (Å²) >= 11 is 3.34. The number of halogens is 1. The predicted octanol–water partition coefficient (Wildman–Crippen LogP) is 1.97. The first-order valence-corrected chi connectivity index (χ1v) is 5.01. The largest absolute Gasteiger partial charge is 0.300 e. The molecule has 2 rings (SSSR count). The van der Waals surface area contributed by atoms with Crippen molar-refractivity contribution in [3.63, 3.8) is 0 Å². The monoisotopic (exact) mass is 250 g/mol. The zero-order valence-electron chi connectivity index (χ0n) is 7.33. The lowest BCUT2D eigenvalue weighted by Crippen LogP contribution is -2.41. The number of nitriles is 1. The lowest BCUT2D eigenvalue weighted by molar-refractivity contribution is -0.126. The van der Waals surface area contributed by atoms with Gasteiger partial charge in [0.05, 0.1) is 11.8 Å². The standard InChI is InChI=1S/C10H7BrN2O/c11-8-2-1-3-13-9(8)10(6-12)4-7(14)5-10/h1-3H,4-5H2. The number of hydrogen-bond acceptors (Lipinski definition) is 3. The van der Waals surface area contributed by atoms with Crippen LogP contribution in [0.2, 0.25) is 0 Å². The summed E-state index contributed by atoms with van der Waals surface area (Å²) in [7, 11) is 0. The third-order valence-corrected chi connectivity index (χ3v) is 3.06. The Morgan fingerprint density at radius 3 is 2.79 bits per heavy atom. The number of Topliss-reactive ketones (excluding diaryl/α,β-unsaturated/α-hetero) is 1. The quantitative estimate of drug-likeness (QED) is 0.766. The number of nitrogens with zero attached hydrogens (tertiary/aromatic N) is 2. The van der Waals surface area contributed by atoms with E-state index < -0.39 is 5.41 Å². The Labute approximate surface area is 89.9 Å². The summed E-state index contributed by atoms with van der Waals surface area (Å²) in [6, 6.07) is 5.82. The van der Waals surface area contributed by atoms with Gasteiger partial charge in [-0.05, 0) is 28.1 Å². The van der Waals surface area contributed by atoms with Gasteiger partial charge in [0.15, 0.2) is 0 Å². The summed E-state index contributed by atoms with van der Waals surface area (Å²) in [4.78, 5) is 15.1. The van der Waals surface area contributed by atoms with E-state index in [-0.39, 0.29) is 5.78 Å². The van der Waals surface area contributed by atoms with Gasteiger partial charge in [0.2, 0.25) is 0 Å². The summed E-state index contributed by atoms with van der Waals surface area (Å²) in [5.74, 6) is 0.129. The molecule has 0 unspecified atom stereocenters. The van der Waals surface area contributed by atoms with Crippen LogP contribution < -0.4 is 0 Å². The second-order valence-electron chi connectivity index (χ2n) is 3.42. The van der Waals surface area contributed by atoms with Crippen LogP contribution in [0.4, 0.5) is 0 Å². The number of hydrogen-bond donors (Lipinski definition) is 0. The van der Waals surface area contributed by atoms with Crippen LogP contribution in [0.1, 0.15) is 18.5 Å². The molecule has 0 radical (unpaired) electrons. The van der Waals surface area contributed by atoms with E-state index in [4.69, 9.17) is 5.26 Å². The SMILES string of the molecule is N#CC1(c2ncccc2Br)CC(=O)C1. The minimum atomic E-state index is -0.683. The van der Waals surface area contributed by atoms with E-state index in [0.29, 0.717) is 18.5 Å². The first-order chi connectivity index (χ1) is 6.68. The number of pyridine rings is 1. The average molecular weight is 251 g/mol. The number of rotatable bonds is 1. The highest BCUT2D eigenvalue weighted by molar-refractivity contribution is 9.10. The summed E-state index contributed by atoms with van der Waals surface area (Å²) in [5.41, 5.74) is -0.000856. The molecule has 0 amide bonds. The van der Waals surface area contributed by atoms with Crippen LogP contribution in [-0.4, -0.2) is 10.8 Å². The Morgan fingerprint density at radius 2 is 2.29 bits per heavy atom. The van der Waals surface area contributed by atoms with Crippen molar-refractivity contribution >= 4 is 21.7 Å². The molecule has 1 aromatic heterocycles. The average Bonchev–Trinajstić information content (AvgIpc) is 2.14. The van der Waals surface area contributed by atoms with Crippen LogP contribution in [0.3, 0.4) is 0 Å². The summed E-state index contributed by atoms with van der Waals surface area (Å²) in [5, 5.41) is 9.07. The number of aromatic nitrogens is 1. The smallest absolute Gasteiger partial charge is 0.136 e. The van der Waals surface area contributed by atoms with Crippen LogP contribution in [0.25, 0.3) is 0 Å². The molecule has 0 N–H and O–H groups in total. The van der Waals surface area contributed by atoms with E-state index in [1.165, 1.54) is 0 Å². The van der Waals surface area contributed by atoms with E-state index in [0.717, 1.165) is 4.47 Å². The maximum Gasteiger partial charge on any atom is 0.136 e. The van der Waals surface area contributed by atoms with Gasteiger partial charge in [-0.3, -0.25) is 9.78 Å². The molecule has 3 nitrogen and oxygen atoms in total. The van der Waals surface area contributed by atoms with Crippen molar-refractivity contribution in [3.8, 4) is 6.07 Å². The molecule has 0 bridgehead atoms. The molecule has 0 aliphatic heterocycles. The van der Waals surface area contributed by atoms with Crippen molar-refractivity contribution in [2.75, 3.05) is 0 Å². The Hall–Kier alpha value is -1.21. The Bertz CT molecular complexity index is 428. The predicted molar refractivity (Wildman–Crippen MR) is 53.5 cm³/mol.